The van der Waals surface area contributed by atoms with Crippen LogP contribution in [-0.2, 0) is 6.54 Å². The summed E-state index contributed by atoms with van der Waals surface area (Å²) in [5.41, 5.74) is 1.86. The summed E-state index contributed by atoms with van der Waals surface area (Å²) in [7, 11) is 0. The first-order valence-electron chi connectivity index (χ1n) is 5.85. The fraction of sp³-hybridized carbons (Fsp3) is 0.545. The van der Waals surface area contributed by atoms with E-state index in [1.54, 1.807) is 4.57 Å². The molecule has 0 saturated carbocycles. The Hall–Kier alpha value is -1.21. The first kappa shape index (κ1) is 13.2. The maximum absolute atomic E-state index is 11.8. The van der Waals surface area contributed by atoms with Crippen molar-refractivity contribution in [1.29, 1.82) is 0 Å². The molecule has 1 N–H and O–H groups in total. The van der Waals surface area contributed by atoms with Gasteiger partial charge in [0.05, 0.1) is 6.54 Å². The molecule has 0 aliphatic carbocycles. The number of aryl methyl sites for hydroxylation is 1. The minimum absolute atomic E-state index is 0.0689. The number of anilines is 1. The number of nitrogens with one attached hydrogen (secondary N) is 1. The highest BCUT2D eigenvalue weighted by Crippen LogP contribution is 2.20. The molecule has 0 bridgehead atoms. The first-order chi connectivity index (χ1) is 8.63. The quantitative estimate of drug-likeness (QED) is 0.915. The van der Waals surface area contributed by atoms with E-state index in [4.69, 9.17) is 0 Å². The Balaban J connectivity index is 2.23. The largest absolute Gasteiger partial charge is 0.374 e. The van der Waals surface area contributed by atoms with Gasteiger partial charge in [-0.1, -0.05) is 22.7 Å². The molecule has 0 radical (unpaired) electrons. The van der Waals surface area contributed by atoms with Crippen LogP contribution in [0, 0.1) is 13.8 Å². The van der Waals surface area contributed by atoms with Gasteiger partial charge < -0.3 is 5.32 Å². The number of thiazole rings is 1. The van der Waals surface area contributed by atoms with Crippen LogP contribution in [0.4, 0.5) is 5.00 Å². The van der Waals surface area contributed by atoms with E-state index in [1.807, 2.05) is 13.8 Å². The van der Waals surface area contributed by atoms with Crippen LogP contribution in [-0.4, -0.2) is 20.7 Å². The highest BCUT2D eigenvalue weighted by atomic mass is 32.1. The van der Waals surface area contributed by atoms with Gasteiger partial charge in [0.25, 0.3) is 0 Å². The van der Waals surface area contributed by atoms with Crippen molar-refractivity contribution >= 4 is 27.9 Å². The molecule has 0 aromatic carbocycles. The molecule has 0 saturated heterocycles. The van der Waals surface area contributed by atoms with Gasteiger partial charge in [-0.15, -0.1) is 5.10 Å². The lowest BCUT2D eigenvalue weighted by Crippen LogP contribution is -2.16. The average molecular weight is 284 g/mol. The lowest BCUT2D eigenvalue weighted by atomic mass is 10.3. The van der Waals surface area contributed by atoms with Crippen LogP contribution < -0.4 is 10.2 Å². The van der Waals surface area contributed by atoms with Crippen molar-refractivity contribution in [3.05, 3.63) is 25.9 Å². The number of rotatable bonds is 5. The molecular formula is C11H16N4OS2. The summed E-state index contributed by atoms with van der Waals surface area (Å²) in [6.07, 6.45) is 1.05. The monoisotopic (exact) mass is 284 g/mol. The van der Waals surface area contributed by atoms with Crippen LogP contribution in [0.1, 0.15) is 29.6 Å². The molecule has 2 aromatic heterocycles. The second-order valence-electron chi connectivity index (χ2n) is 4.07. The molecule has 0 amide bonds. The Morgan fingerprint density at radius 3 is 2.78 bits per heavy atom. The zero-order chi connectivity index (χ0) is 13.1. The van der Waals surface area contributed by atoms with Gasteiger partial charge in [-0.3, -0.25) is 9.36 Å². The number of hydrogen-bond acceptors (Lipinski definition) is 6. The minimum atomic E-state index is 0.0689. The van der Waals surface area contributed by atoms with E-state index in [0.717, 1.165) is 34.2 Å². The number of hydrogen-bond donors (Lipinski definition) is 1. The fourth-order valence-corrected chi connectivity index (χ4v) is 3.03. The summed E-state index contributed by atoms with van der Waals surface area (Å²) in [5.74, 6) is 0. The third-order valence-corrected chi connectivity index (χ3v) is 4.50. The summed E-state index contributed by atoms with van der Waals surface area (Å²) in [6.45, 7) is 7.43. The summed E-state index contributed by atoms with van der Waals surface area (Å²) < 4.78 is 5.71. The molecular weight excluding hydrogens is 268 g/mol. The normalized spacial score (nSPS) is 10.8. The van der Waals surface area contributed by atoms with Gasteiger partial charge in [-0.25, -0.2) is 0 Å². The van der Waals surface area contributed by atoms with Gasteiger partial charge in [0.2, 0.25) is 0 Å². The Kier molecular flexibility index (Phi) is 4.13. The number of nitrogens with zero attached hydrogens (tertiary/aromatic N) is 3. The van der Waals surface area contributed by atoms with Gasteiger partial charge in [0.1, 0.15) is 10.7 Å². The SMILES string of the molecule is CCCNc1snnc1Cn1c(C)c(C)sc1=O. The molecule has 98 valence electrons. The molecule has 0 aliphatic heterocycles. The average Bonchev–Trinajstić information content (AvgIpc) is 2.87. The zero-order valence-electron chi connectivity index (χ0n) is 10.7. The van der Waals surface area contributed by atoms with Crippen molar-refractivity contribution in [3.63, 3.8) is 0 Å². The van der Waals surface area contributed by atoms with Gasteiger partial charge >= 0.3 is 4.87 Å². The molecule has 2 rings (SSSR count). The highest BCUT2D eigenvalue weighted by molar-refractivity contribution is 7.10. The summed E-state index contributed by atoms with van der Waals surface area (Å²) >= 11 is 2.63. The molecule has 7 heteroatoms. The smallest absolute Gasteiger partial charge is 0.307 e. The fourth-order valence-electron chi connectivity index (χ4n) is 1.60. The summed E-state index contributed by atoms with van der Waals surface area (Å²) in [4.78, 5) is 13.0. The van der Waals surface area contributed by atoms with Crippen LogP contribution in [0.25, 0.3) is 0 Å². The molecule has 18 heavy (non-hydrogen) atoms. The van der Waals surface area contributed by atoms with Gasteiger partial charge in [-0.2, -0.15) is 0 Å². The van der Waals surface area contributed by atoms with Crippen LogP contribution in [0.5, 0.6) is 0 Å². The van der Waals surface area contributed by atoms with Crippen molar-refractivity contribution < 1.29 is 0 Å². The topological polar surface area (TPSA) is 59.8 Å². The zero-order valence-corrected chi connectivity index (χ0v) is 12.3. The van der Waals surface area contributed by atoms with E-state index in [0.29, 0.717) is 6.54 Å². The van der Waals surface area contributed by atoms with Crippen LogP contribution in [0.15, 0.2) is 4.79 Å². The maximum Gasteiger partial charge on any atom is 0.307 e. The first-order valence-corrected chi connectivity index (χ1v) is 7.44. The highest BCUT2D eigenvalue weighted by Gasteiger charge is 2.13. The van der Waals surface area contributed by atoms with E-state index >= 15 is 0 Å². The molecule has 0 spiro atoms. The predicted molar refractivity (Wildman–Crippen MR) is 75.8 cm³/mol. The van der Waals surface area contributed by atoms with Gasteiger partial charge in [-0.05, 0) is 20.3 Å². The lowest BCUT2D eigenvalue weighted by molar-refractivity contribution is 0.729. The molecule has 2 aromatic rings. The van der Waals surface area contributed by atoms with E-state index < -0.39 is 0 Å². The van der Waals surface area contributed by atoms with Crippen LogP contribution in [0.2, 0.25) is 0 Å². The van der Waals surface area contributed by atoms with Gasteiger partial charge in [0, 0.05) is 28.6 Å². The predicted octanol–water partition coefficient (Wildman–Crippen LogP) is 2.25. The maximum atomic E-state index is 11.8. The van der Waals surface area contributed by atoms with Crippen molar-refractivity contribution in [3.8, 4) is 0 Å². The Labute approximate surface area is 114 Å². The van der Waals surface area contributed by atoms with Gasteiger partial charge in [0.15, 0.2) is 0 Å². The van der Waals surface area contributed by atoms with Crippen molar-refractivity contribution in [2.75, 3.05) is 11.9 Å². The number of aromatic nitrogens is 3. The molecule has 0 unspecified atom stereocenters. The van der Waals surface area contributed by atoms with Crippen molar-refractivity contribution in [1.82, 2.24) is 14.2 Å². The van der Waals surface area contributed by atoms with E-state index in [1.165, 1.54) is 22.9 Å². The molecule has 0 aliphatic rings. The third kappa shape index (κ3) is 2.62. The second kappa shape index (κ2) is 5.62. The minimum Gasteiger partial charge on any atom is -0.374 e. The van der Waals surface area contributed by atoms with E-state index in [-0.39, 0.29) is 4.87 Å². The molecule has 0 atom stereocenters. The summed E-state index contributed by atoms with van der Waals surface area (Å²) in [6, 6.07) is 0. The Morgan fingerprint density at radius 2 is 2.17 bits per heavy atom. The van der Waals surface area contributed by atoms with E-state index in [2.05, 4.69) is 21.8 Å². The van der Waals surface area contributed by atoms with Crippen molar-refractivity contribution in [2.45, 2.75) is 33.7 Å². The van der Waals surface area contributed by atoms with Crippen molar-refractivity contribution in [2.24, 2.45) is 0 Å². The Bertz CT molecular complexity index is 584. The molecule has 0 fully saturated rings. The summed E-state index contributed by atoms with van der Waals surface area (Å²) in [5, 5.41) is 8.36. The Morgan fingerprint density at radius 1 is 1.39 bits per heavy atom. The molecule has 2 heterocycles. The van der Waals surface area contributed by atoms with Crippen LogP contribution >= 0.6 is 22.9 Å². The lowest BCUT2D eigenvalue weighted by Gasteiger charge is -2.05. The molecule has 5 nitrogen and oxygen atoms in total. The van der Waals surface area contributed by atoms with Crippen LogP contribution in [0.3, 0.4) is 0 Å². The third-order valence-electron chi connectivity index (χ3n) is 2.77. The standard InChI is InChI=1S/C11H16N4OS2/c1-4-5-12-10-9(13-14-18-10)6-15-7(2)8(3)17-11(15)16/h12H,4-6H2,1-3H3. The second-order valence-corrected chi connectivity index (χ2v) is 5.99. The van der Waals surface area contributed by atoms with E-state index in [9.17, 15) is 4.79 Å².